The summed E-state index contributed by atoms with van der Waals surface area (Å²) in [4.78, 5) is 22.4. The smallest absolute Gasteiger partial charge is 0.186 e. The zero-order valence-corrected chi connectivity index (χ0v) is 18.4. The number of hydrogen-bond donors (Lipinski definition) is 0. The first-order valence-electron chi connectivity index (χ1n) is 11.3. The van der Waals surface area contributed by atoms with Gasteiger partial charge in [0.15, 0.2) is 11.6 Å². The molecule has 1 aliphatic rings. The van der Waals surface area contributed by atoms with Crippen LogP contribution in [0.15, 0.2) is 121 Å². The molecule has 0 radical (unpaired) electrons. The molecule has 6 aromatic rings. The number of fused-ring (bicyclic) bond motifs is 5. The van der Waals surface area contributed by atoms with Gasteiger partial charge in [-0.2, -0.15) is 0 Å². The second-order valence-corrected chi connectivity index (χ2v) is 8.55. The number of benzene rings is 6. The van der Waals surface area contributed by atoms with Crippen LogP contribution in [0.2, 0.25) is 0 Å². The van der Waals surface area contributed by atoms with E-state index < -0.39 is 0 Å². The molecule has 34 heavy (non-hydrogen) atoms. The molecule has 0 heterocycles. The summed E-state index contributed by atoms with van der Waals surface area (Å²) in [5.41, 5.74) is 1.01. The minimum absolute atomic E-state index is 0.0924. The number of hydrogen-bond acceptors (Lipinski definition) is 2. The molecule has 1 aliphatic carbocycles. The topological polar surface area (TPSA) is 34.1 Å². The number of rotatable bonds is 0. The first-order chi connectivity index (χ1) is 16.7. The molecule has 6 aromatic carbocycles. The summed E-state index contributed by atoms with van der Waals surface area (Å²) in [5.74, 6) is -0.185. The average Bonchev–Trinajstić information content (AvgIpc) is 2.88. The first kappa shape index (κ1) is 20.1. The maximum atomic E-state index is 11.2. The van der Waals surface area contributed by atoms with Gasteiger partial charge < -0.3 is 0 Å². The fraction of sp³-hybridized carbons (Fsp3) is 0. The maximum Gasteiger partial charge on any atom is 0.186 e. The molecule has 0 atom stereocenters. The molecule has 0 spiro atoms. The van der Waals surface area contributed by atoms with E-state index >= 15 is 0 Å². The second-order valence-electron chi connectivity index (χ2n) is 8.55. The van der Waals surface area contributed by atoms with E-state index in [4.69, 9.17) is 0 Å². The van der Waals surface area contributed by atoms with Crippen LogP contribution in [0.4, 0.5) is 0 Å². The highest BCUT2D eigenvalue weighted by atomic mass is 16.1. The van der Waals surface area contributed by atoms with Crippen LogP contribution in [0, 0.1) is 0 Å². The van der Waals surface area contributed by atoms with Gasteiger partial charge in [-0.25, -0.2) is 0 Å². The number of carbonyl (C=O) groups excluding carboxylic acids is 2. The molecule has 0 unspecified atom stereocenters. The van der Waals surface area contributed by atoms with Gasteiger partial charge in [0.2, 0.25) is 0 Å². The Morgan fingerprint density at radius 1 is 0.324 bits per heavy atom. The molecular weight excluding hydrogens is 416 g/mol. The largest absolute Gasteiger partial charge is 0.289 e. The van der Waals surface area contributed by atoms with Gasteiger partial charge in [0, 0.05) is 11.1 Å². The maximum absolute atomic E-state index is 11.2. The molecule has 0 saturated carbocycles. The van der Waals surface area contributed by atoms with Crippen molar-refractivity contribution in [2.24, 2.45) is 0 Å². The third-order valence-electron chi connectivity index (χ3n) is 6.37. The van der Waals surface area contributed by atoms with Gasteiger partial charge in [0.1, 0.15) is 0 Å². The highest BCUT2D eigenvalue weighted by Crippen LogP contribution is 2.30. The molecule has 0 bridgehead atoms. The van der Waals surface area contributed by atoms with Crippen molar-refractivity contribution in [3.63, 3.8) is 0 Å². The fourth-order valence-electron chi connectivity index (χ4n) is 4.63. The van der Waals surface area contributed by atoms with E-state index in [0.717, 1.165) is 0 Å². The second kappa shape index (κ2) is 8.09. The fourth-order valence-corrected chi connectivity index (χ4v) is 4.63. The van der Waals surface area contributed by atoms with E-state index in [1.807, 2.05) is 0 Å². The SMILES string of the molecule is O=C1C=CC(=O)c2ccccc21.c1ccc2cc3cc4cc5ccccc5cc4cc3cc2c1. The molecule has 0 saturated heterocycles. The summed E-state index contributed by atoms with van der Waals surface area (Å²) < 4.78 is 0. The number of carbonyl (C=O) groups is 2. The van der Waals surface area contributed by atoms with Crippen molar-refractivity contribution in [3.05, 3.63) is 132 Å². The zero-order chi connectivity index (χ0) is 23.1. The van der Waals surface area contributed by atoms with Crippen molar-refractivity contribution >= 4 is 54.7 Å². The molecule has 2 heteroatoms. The minimum Gasteiger partial charge on any atom is -0.289 e. The van der Waals surface area contributed by atoms with Gasteiger partial charge in [-0.05, 0) is 91.6 Å². The lowest BCUT2D eigenvalue weighted by molar-refractivity contribution is 0.0994. The Morgan fingerprint density at radius 3 is 0.912 bits per heavy atom. The lowest BCUT2D eigenvalue weighted by atomic mass is 9.95. The summed E-state index contributed by atoms with van der Waals surface area (Å²) in [6.45, 7) is 0. The van der Waals surface area contributed by atoms with E-state index in [-0.39, 0.29) is 11.6 Å². The Kier molecular flexibility index (Phi) is 4.78. The van der Waals surface area contributed by atoms with E-state index in [1.165, 1.54) is 55.2 Å². The molecular formula is C32H20O2. The van der Waals surface area contributed by atoms with Gasteiger partial charge in [0.05, 0.1) is 0 Å². The molecule has 2 nitrogen and oxygen atoms in total. The molecule has 0 amide bonds. The average molecular weight is 437 g/mol. The van der Waals surface area contributed by atoms with Crippen LogP contribution in [0.1, 0.15) is 20.7 Å². The molecule has 160 valence electrons. The quantitative estimate of drug-likeness (QED) is 0.227. The first-order valence-corrected chi connectivity index (χ1v) is 11.3. The highest BCUT2D eigenvalue weighted by molar-refractivity contribution is 6.22. The summed E-state index contributed by atoms with van der Waals surface area (Å²) in [5, 5.41) is 10.4. The van der Waals surface area contributed by atoms with Crippen LogP contribution in [0.5, 0.6) is 0 Å². The van der Waals surface area contributed by atoms with Crippen molar-refractivity contribution in [3.8, 4) is 0 Å². The van der Waals surface area contributed by atoms with Crippen LogP contribution in [-0.4, -0.2) is 11.6 Å². The van der Waals surface area contributed by atoms with Crippen molar-refractivity contribution < 1.29 is 9.59 Å². The zero-order valence-electron chi connectivity index (χ0n) is 18.4. The lowest BCUT2D eigenvalue weighted by Gasteiger charge is -2.07. The van der Waals surface area contributed by atoms with Crippen LogP contribution in [0.3, 0.4) is 0 Å². The Bertz CT molecular complexity index is 1570. The summed E-state index contributed by atoms with van der Waals surface area (Å²) in [6, 6.07) is 37.7. The van der Waals surface area contributed by atoms with Gasteiger partial charge in [-0.15, -0.1) is 0 Å². The third-order valence-corrected chi connectivity index (χ3v) is 6.37. The highest BCUT2D eigenvalue weighted by Gasteiger charge is 2.17. The molecule has 0 aromatic heterocycles. The molecule has 0 fully saturated rings. The molecule has 0 aliphatic heterocycles. The van der Waals surface area contributed by atoms with Crippen LogP contribution < -0.4 is 0 Å². The van der Waals surface area contributed by atoms with Crippen molar-refractivity contribution in [1.29, 1.82) is 0 Å². The summed E-state index contributed by atoms with van der Waals surface area (Å²) >= 11 is 0. The Hall–Kier alpha value is -4.56. The van der Waals surface area contributed by atoms with Gasteiger partial charge >= 0.3 is 0 Å². The van der Waals surface area contributed by atoms with E-state index in [9.17, 15) is 9.59 Å². The molecule has 0 N–H and O–H groups in total. The van der Waals surface area contributed by atoms with Crippen LogP contribution in [-0.2, 0) is 0 Å². The lowest BCUT2D eigenvalue weighted by Crippen LogP contribution is -2.10. The predicted octanol–water partition coefficient (Wildman–Crippen LogP) is 7.92. The van der Waals surface area contributed by atoms with Gasteiger partial charge in [-0.1, -0.05) is 72.8 Å². The number of allylic oxidation sites excluding steroid dienone is 2. The monoisotopic (exact) mass is 436 g/mol. The normalized spacial score (nSPS) is 12.7. The van der Waals surface area contributed by atoms with Gasteiger partial charge in [0.25, 0.3) is 0 Å². The predicted molar refractivity (Wildman–Crippen MR) is 141 cm³/mol. The number of ketones is 2. The third kappa shape index (κ3) is 3.56. The van der Waals surface area contributed by atoms with Gasteiger partial charge in [-0.3, -0.25) is 9.59 Å². The van der Waals surface area contributed by atoms with Crippen LogP contribution >= 0.6 is 0 Å². The van der Waals surface area contributed by atoms with E-state index in [1.54, 1.807) is 24.3 Å². The van der Waals surface area contributed by atoms with Crippen molar-refractivity contribution in [1.82, 2.24) is 0 Å². The summed E-state index contributed by atoms with van der Waals surface area (Å²) in [7, 11) is 0. The van der Waals surface area contributed by atoms with Crippen molar-refractivity contribution in [2.45, 2.75) is 0 Å². The summed E-state index contributed by atoms with van der Waals surface area (Å²) in [6.07, 6.45) is 2.62. The standard InChI is InChI=1S/C22H14.C10H6O2/c1-2-6-16-10-20-14-22-12-18-8-4-3-7-17(18)11-21(22)13-19(20)9-15(16)5-1;11-9-5-6-10(12)8-4-2-1-3-7(8)9/h1-14H;1-6H. The minimum atomic E-state index is -0.0924. The van der Waals surface area contributed by atoms with E-state index in [2.05, 4.69) is 84.9 Å². The van der Waals surface area contributed by atoms with Crippen LogP contribution in [0.25, 0.3) is 43.1 Å². The van der Waals surface area contributed by atoms with Crippen molar-refractivity contribution in [2.75, 3.05) is 0 Å². The van der Waals surface area contributed by atoms with E-state index in [0.29, 0.717) is 11.1 Å². The Morgan fingerprint density at radius 2 is 0.588 bits per heavy atom. The Labute approximate surface area is 196 Å². The Balaban J connectivity index is 0.000000154. The molecule has 7 rings (SSSR count).